The molecule has 0 radical (unpaired) electrons. The number of aliphatic carboxylic acids is 1. The smallest absolute Gasteiger partial charge is 0.318 e. The standard InChI is InChI=1S/C28H25F2NO3/c29-21-10-6-19(7-11-21)28(27(32)33,20-8-12-22(30)13-9-20)15-3-16-31-17-14-26-24(18-31)23-4-1-2-5-25(23)34-26/h1-2,4-13H,3,14-18H2,(H,32,33). The molecule has 0 amide bonds. The van der Waals surface area contributed by atoms with Gasteiger partial charge in [-0.05, 0) is 60.8 Å². The zero-order chi connectivity index (χ0) is 23.7. The van der Waals surface area contributed by atoms with Gasteiger partial charge in [-0.3, -0.25) is 9.69 Å². The fourth-order valence-electron chi connectivity index (χ4n) is 5.12. The second-order valence-corrected chi connectivity index (χ2v) is 8.85. The van der Waals surface area contributed by atoms with Crippen LogP contribution in [0.1, 0.15) is 35.3 Å². The van der Waals surface area contributed by atoms with Crippen LogP contribution in [-0.4, -0.2) is 29.1 Å². The zero-order valence-corrected chi connectivity index (χ0v) is 18.6. The Labute approximate surface area is 196 Å². The Bertz CT molecular complexity index is 1270. The number of carbonyl (C=O) groups is 1. The Hall–Kier alpha value is -3.51. The van der Waals surface area contributed by atoms with Crippen LogP contribution in [0.25, 0.3) is 11.0 Å². The molecule has 0 aliphatic carbocycles. The van der Waals surface area contributed by atoms with E-state index in [1.54, 1.807) is 0 Å². The lowest BCUT2D eigenvalue weighted by Crippen LogP contribution is -2.39. The van der Waals surface area contributed by atoms with Crippen molar-refractivity contribution in [2.75, 3.05) is 13.1 Å². The number of carboxylic acids is 1. The van der Waals surface area contributed by atoms with Crippen LogP contribution in [0.4, 0.5) is 8.78 Å². The summed E-state index contributed by atoms with van der Waals surface area (Å²) < 4.78 is 33.2. The van der Waals surface area contributed by atoms with Crippen molar-refractivity contribution in [2.24, 2.45) is 0 Å². The molecule has 1 aromatic heterocycles. The molecule has 5 rings (SSSR count). The molecular formula is C28H25F2NO3. The fourth-order valence-corrected chi connectivity index (χ4v) is 5.12. The van der Waals surface area contributed by atoms with Crippen molar-refractivity contribution in [1.29, 1.82) is 0 Å². The molecule has 0 atom stereocenters. The molecule has 0 saturated carbocycles. The number of para-hydroxylation sites is 1. The van der Waals surface area contributed by atoms with Crippen molar-refractivity contribution in [3.8, 4) is 0 Å². The highest BCUT2D eigenvalue weighted by atomic mass is 19.1. The number of hydrogen-bond acceptors (Lipinski definition) is 3. The Morgan fingerprint density at radius 1 is 0.941 bits per heavy atom. The minimum Gasteiger partial charge on any atom is -0.480 e. The van der Waals surface area contributed by atoms with Crippen LogP contribution in [0, 0.1) is 11.6 Å². The van der Waals surface area contributed by atoms with E-state index in [1.165, 1.54) is 54.1 Å². The number of carboxylic acid groups (broad SMARTS) is 1. The van der Waals surface area contributed by atoms with Gasteiger partial charge in [0.15, 0.2) is 0 Å². The maximum atomic E-state index is 13.6. The zero-order valence-electron chi connectivity index (χ0n) is 18.6. The Kier molecular flexibility index (Phi) is 5.92. The van der Waals surface area contributed by atoms with Crippen molar-refractivity contribution >= 4 is 16.9 Å². The van der Waals surface area contributed by atoms with Crippen LogP contribution >= 0.6 is 0 Å². The number of fused-ring (bicyclic) bond motifs is 3. The average Bonchev–Trinajstić information content (AvgIpc) is 3.21. The van der Waals surface area contributed by atoms with Gasteiger partial charge < -0.3 is 9.52 Å². The molecule has 4 nitrogen and oxygen atoms in total. The number of halogens is 2. The second kappa shape index (κ2) is 9.03. The van der Waals surface area contributed by atoms with Crippen LogP contribution in [0.2, 0.25) is 0 Å². The average molecular weight is 462 g/mol. The fraction of sp³-hybridized carbons (Fsp3) is 0.250. The molecule has 0 spiro atoms. The van der Waals surface area contributed by atoms with E-state index in [4.69, 9.17) is 4.42 Å². The van der Waals surface area contributed by atoms with Crippen LogP contribution in [0.3, 0.4) is 0 Å². The summed E-state index contributed by atoms with van der Waals surface area (Å²) in [5.74, 6) is -0.875. The highest BCUT2D eigenvalue weighted by molar-refractivity contribution is 5.86. The Morgan fingerprint density at radius 3 is 2.18 bits per heavy atom. The lowest BCUT2D eigenvalue weighted by atomic mass is 9.71. The predicted octanol–water partition coefficient (Wildman–Crippen LogP) is 5.92. The van der Waals surface area contributed by atoms with Crippen LogP contribution in [0.5, 0.6) is 0 Å². The topological polar surface area (TPSA) is 53.7 Å². The largest absolute Gasteiger partial charge is 0.480 e. The molecule has 4 aromatic rings. The van der Waals surface area contributed by atoms with Gasteiger partial charge in [-0.2, -0.15) is 0 Å². The van der Waals surface area contributed by atoms with Gasteiger partial charge in [-0.25, -0.2) is 8.78 Å². The molecule has 3 aromatic carbocycles. The Morgan fingerprint density at radius 2 is 1.56 bits per heavy atom. The van der Waals surface area contributed by atoms with Gasteiger partial charge in [0.2, 0.25) is 0 Å². The van der Waals surface area contributed by atoms with Crippen LogP contribution < -0.4 is 0 Å². The minimum absolute atomic E-state index is 0.301. The van der Waals surface area contributed by atoms with Gasteiger partial charge in [-0.15, -0.1) is 0 Å². The first-order valence-electron chi connectivity index (χ1n) is 11.4. The van der Waals surface area contributed by atoms with E-state index in [-0.39, 0.29) is 0 Å². The summed E-state index contributed by atoms with van der Waals surface area (Å²) in [5, 5.41) is 11.5. The molecule has 0 fully saturated rings. The molecule has 0 bridgehead atoms. The lowest BCUT2D eigenvalue weighted by Gasteiger charge is -2.32. The maximum Gasteiger partial charge on any atom is 0.318 e. The van der Waals surface area contributed by atoms with E-state index in [0.717, 1.165) is 36.2 Å². The minimum atomic E-state index is -1.40. The van der Waals surface area contributed by atoms with Gasteiger partial charge in [0.05, 0.1) is 0 Å². The maximum absolute atomic E-state index is 13.6. The normalized spacial score (nSPS) is 14.3. The monoisotopic (exact) mass is 461 g/mol. The first-order chi connectivity index (χ1) is 16.5. The van der Waals surface area contributed by atoms with E-state index < -0.39 is 23.0 Å². The third-order valence-corrected chi connectivity index (χ3v) is 6.88. The summed E-state index contributed by atoms with van der Waals surface area (Å²) in [5.41, 5.74) is 1.66. The first-order valence-corrected chi connectivity index (χ1v) is 11.4. The van der Waals surface area contributed by atoms with Crippen molar-refractivity contribution in [3.63, 3.8) is 0 Å². The number of rotatable bonds is 7. The van der Waals surface area contributed by atoms with Crippen LogP contribution in [0.15, 0.2) is 77.2 Å². The molecule has 1 aliphatic heterocycles. The second-order valence-electron chi connectivity index (χ2n) is 8.85. The van der Waals surface area contributed by atoms with Gasteiger partial charge in [0.1, 0.15) is 28.4 Å². The molecule has 0 unspecified atom stereocenters. The number of furan rings is 1. The summed E-state index contributed by atoms with van der Waals surface area (Å²) in [7, 11) is 0. The van der Waals surface area contributed by atoms with Crippen molar-refractivity contribution in [3.05, 3.63) is 107 Å². The molecule has 6 heteroatoms. The summed E-state index contributed by atoms with van der Waals surface area (Å²) >= 11 is 0. The SMILES string of the molecule is O=C(O)C(CCCN1CCc2oc3ccccc3c2C1)(c1ccc(F)cc1)c1ccc(F)cc1. The molecule has 0 saturated heterocycles. The highest BCUT2D eigenvalue weighted by Gasteiger charge is 2.42. The van der Waals surface area contributed by atoms with Crippen molar-refractivity contribution in [2.45, 2.75) is 31.2 Å². The Balaban J connectivity index is 1.39. The summed E-state index contributed by atoms with van der Waals surface area (Å²) in [6.07, 6.45) is 1.71. The quantitative estimate of drug-likeness (QED) is 0.371. The number of nitrogens with zero attached hydrogens (tertiary/aromatic N) is 1. The van der Waals surface area contributed by atoms with E-state index >= 15 is 0 Å². The third-order valence-electron chi connectivity index (χ3n) is 6.88. The number of benzene rings is 3. The molecule has 34 heavy (non-hydrogen) atoms. The summed E-state index contributed by atoms with van der Waals surface area (Å²) in [6, 6.07) is 19.1. The van der Waals surface area contributed by atoms with Gasteiger partial charge in [0.25, 0.3) is 0 Å². The lowest BCUT2D eigenvalue weighted by molar-refractivity contribution is -0.142. The summed E-state index contributed by atoms with van der Waals surface area (Å²) in [4.78, 5) is 15.0. The van der Waals surface area contributed by atoms with Crippen molar-refractivity contribution in [1.82, 2.24) is 4.90 Å². The first kappa shape index (κ1) is 22.3. The van der Waals surface area contributed by atoms with Crippen molar-refractivity contribution < 1.29 is 23.1 Å². The third kappa shape index (κ3) is 3.99. The molecule has 174 valence electrons. The predicted molar refractivity (Wildman–Crippen MR) is 126 cm³/mol. The molecule has 1 aliphatic rings. The van der Waals surface area contributed by atoms with E-state index in [9.17, 15) is 18.7 Å². The molecule has 2 heterocycles. The highest BCUT2D eigenvalue weighted by Crippen LogP contribution is 2.38. The van der Waals surface area contributed by atoms with Gasteiger partial charge in [-0.1, -0.05) is 42.5 Å². The molecular weight excluding hydrogens is 436 g/mol. The van der Waals surface area contributed by atoms with E-state index in [2.05, 4.69) is 11.0 Å². The van der Waals surface area contributed by atoms with Crippen LogP contribution in [-0.2, 0) is 23.2 Å². The van der Waals surface area contributed by atoms with Gasteiger partial charge in [0, 0.05) is 30.5 Å². The summed E-state index contributed by atoms with van der Waals surface area (Å²) in [6.45, 7) is 2.29. The van der Waals surface area contributed by atoms with E-state index in [0.29, 0.717) is 30.5 Å². The van der Waals surface area contributed by atoms with Gasteiger partial charge >= 0.3 is 5.97 Å². The van der Waals surface area contributed by atoms with E-state index in [1.807, 2.05) is 18.2 Å². The number of hydrogen-bond donors (Lipinski definition) is 1. The molecule has 1 N–H and O–H groups in total.